The van der Waals surface area contributed by atoms with Crippen LogP contribution in [0, 0.1) is 0 Å². The van der Waals surface area contributed by atoms with E-state index in [-0.39, 0.29) is 11.9 Å². The van der Waals surface area contributed by atoms with Gasteiger partial charge < -0.3 is 9.88 Å². The molecule has 1 aromatic heterocycles. The molecular formula is C20H19Cl3N4OS. The molecule has 9 heteroatoms. The summed E-state index contributed by atoms with van der Waals surface area (Å²) in [5, 5.41) is 13.8. The van der Waals surface area contributed by atoms with Crippen LogP contribution in [0.5, 0.6) is 0 Å². The Morgan fingerprint density at radius 2 is 1.83 bits per heavy atom. The quantitative estimate of drug-likeness (QED) is 0.428. The van der Waals surface area contributed by atoms with Gasteiger partial charge in [0.2, 0.25) is 0 Å². The second kappa shape index (κ2) is 9.85. The van der Waals surface area contributed by atoms with Gasteiger partial charge in [0, 0.05) is 22.9 Å². The van der Waals surface area contributed by atoms with Gasteiger partial charge in [0.1, 0.15) is 0 Å². The Labute approximate surface area is 188 Å². The molecule has 0 fully saturated rings. The molecule has 0 bridgehead atoms. The molecule has 5 nitrogen and oxygen atoms in total. The molecule has 3 aromatic rings. The Morgan fingerprint density at radius 1 is 1.10 bits per heavy atom. The number of carbonyl (C=O) groups excluding carboxylic acids is 1. The molecule has 1 amide bonds. The van der Waals surface area contributed by atoms with Gasteiger partial charge in [-0.1, -0.05) is 58.7 Å². The molecule has 0 unspecified atom stereocenters. The van der Waals surface area contributed by atoms with Crippen molar-refractivity contribution in [1.29, 1.82) is 0 Å². The molecule has 0 saturated heterocycles. The average molecular weight is 470 g/mol. The molecule has 0 aliphatic heterocycles. The summed E-state index contributed by atoms with van der Waals surface area (Å²) < 4.78 is 2.00. The first kappa shape index (κ1) is 22.0. The zero-order chi connectivity index (χ0) is 21.0. The molecular weight excluding hydrogens is 451 g/mol. The summed E-state index contributed by atoms with van der Waals surface area (Å²) in [6.07, 6.45) is 0. The van der Waals surface area contributed by atoms with Crippen LogP contribution in [0.2, 0.25) is 15.1 Å². The van der Waals surface area contributed by atoms with Crippen LogP contribution in [0.25, 0.3) is 0 Å². The minimum Gasteiger partial charge on any atom is -0.342 e. The van der Waals surface area contributed by atoms with Gasteiger partial charge in [-0.05, 0) is 49.7 Å². The van der Waals surface area contributed by atoms with E-state index in [4.69, 9.17) is 34.8 Å². The number of thioether (sulfide) groups is 1. The van der Waals surface area contributed by atoms with E-state index in [0.29, 0.717) is 33.0 Å². The molecule has 0 aliphatic rings. The highest BCUT2D eigenvalue weighted by Crippen LogP contribution is 2.26. The number of benzene rings is 2. The minimum absolute atomic E-state index is 0.253. The number of hydrogen-bond acceptors (Lipinski definition) is 4. The first-order valence-electron chi connectivity index (χ1n) is 8.95. The van der Waals surface area contributed by atoms with Gasteiger partial charge in [-0.15, -0.1) is 10.2 Å². The van der Waals surface area contributed by atoms with Crippen molar-refractivity contribution in [3.05, 3.63) is 74.5 Å². The smallest absolute Gasteiger partial charge is 0.251 e. The van der Waals surface area contributed by atoms with Crippen LogP contribution < -0.4 is 5.32 Å². The van der Waals surface area contributed by atoms with E-state index in [1.807, 2.05) is 42.7 Å². The number of nitrogens with zero attached hydrogens (tertiary/aromatic N) is 3. The summed E-state index contributed by atoms with van der Waals surface area (Å²) in [6, 6.07) is 12.2. The molecule has 3 rings (SSSR count). The van der Waals surface area contributed by atoms with Crippen molar-refractivity contribution >= 4 is 52.5 Å². The SMILES string of the molecule is CCn1c(SCc2ccc(Cl)cc2)nnc1[C@H](C)NC(=O)c1ccc(Cl)c(Cl)c1. The van der Waals surface area contributed by atoms with E-state index in [2.05, 4.69) is 15.5 Å². The standard InChI is InChI=1S/C20H19Cl3N4OS/c1-3-27-18(12(2)24-19(28)14-6-9-16(22)17(23)10-14)25-26-20(27)29-11-13-4-7-15(21)8-5-13/h4-10,12H,3,11H2,1-2H3,(H,24,28)/t12-/m0/s1. The van der Waals surface area contributed by atoms with Crippen molar-refractivity contribution < 1.29 is 4.79 Å². The molecule has 1 atom stereocenters. The number of rotatable bonds is 7. The lowest BCUT2D eigenvalue weighted by Crippen LogP contribution is -2.28. The van der Waals surface area contributed by atoms with Crippen LogP contribution in [0.3, 0.4) is 0 Å². The molecule has 1 heterocycles. The van der Waals surface area contributed by atoms with Gasteiger partial charge in [0.05, 0.1) is 16.1 Å². The van der Waals surface area contributed by atoms with Crippen LogP contribution >= 0.6 is 46.6 Å². The third-order valence-corrected chi connectivity index (χ3v) is 6.29. The maximum atomic E-state index is 12.6. The predicted molar refractivity (Wildman–Crippen MR) is 119 cm³/mol. The van der Waals surface area contributed by atoms with Gasteiger partial charge in [-0.2, -0.15) is 0 Å². The second-order valence-corrected chi connectivity index (χ2v) is 8.52. The topological polar surface area (TPSA) is 59.8 Å². The van der Waals surface area contributed by atoms with Gasteiger partial charge in [0.25, 0.3) is 5.91 Å². The van der Waals surface area contributed by atoms with Crippen LogP contribution in [0.1, 0.15) is 41.6 Å². The molecule has 0 aliphatic carbocycles. The van der Waals surface area contributed by atoms with Crippen molar-refractivity contribution in [2.75, 3.05) is 0 Å². The van der Waals surface area contributed by atoms with Crippen molar-refractivity contribution in [2.24, 2.45) is 0 Å². The molecule has 1 N–H and O–H groups in total. The van der Waals surface area contributed by atoms with Crippen LogP contribution in [0.15, 0.2) is 47.6 Å². The molecule has 0 radical (unpaired) electrons. The third kappa shape index (κ3) is 5.45. The summed E-state index contributed by atoms with van der Waals surface area (Å²) in [4.78, 5) is 12.6. The van der Waals surface area contributed by atoms with E-state index in [1.54, 1.807) is 30.0 Å². The molecule has 2 aromatic carbocycles. The monoisotopic (exact) mass is 468 g/mol. The number of amides is 1. The highest BCUT2D eigenvalue weighted by atomic mass is 35.5. The fourth-order valence-corrected chi connectivity index (χ4v) is 4.12. The normalized spacial score (nSPS) is 12.0. The Bertz CT molecular complexity index is 1010. The number of halogens is 3. The number of nitrogens with one attached hydrogen (secondary N) is 1. The van der Waals surface area contributed by atoms with Crippen LogP contribution in [0.4, 0.5) is 0 Å². The maximum absolute atomic E-state index is 12.6. The minimum atomic E-state index is -0.325. The zero-order valence-electron chi connectivity index (χ0n) is 15.8. The van der Waals surface area contributed by atoms with E-state index < -0.39 is 0 Å². The van der Waals surface area contributed by atoms with Crippen molar-refractivity contribution in [2.45, 2.75) is 37.3 Å². The summed E-state index contributed by atoms with van der Waals surface area (Å²) in [6.45, 7) is 4.59. The zero-order valence-corrected chi connectivity index (χ0v) is 18.9. The second-order valence-electron chi connectivity index (χ2n) is 6.32. The predicted octanol–water partition coefficient (Wildman–Crippen LogP) is 6.04. The summed E-state index contributed by atoms with van der Waals surface area (Å²) >= 11 is 19.4. The van der Waals surface area contributed by atoms with E-state index >= 15 is 0 Å². The van der Waals surface area contributed by atoms with Crippen molar-refractivity contribution in [1.82, 2.24) is 20.1 Å². The number of aromatic nitrogens is 3. The van der Waals surface area contributed by atoms with Gasteiger partial charge in [0.15, 0.2) is 11.0 Å². The van der Waals surface area contributed by atoms with Gasteiger partial charge in [-0.25, -0.2) is 0 Å². The van der Waals surface area contributed by atoms with E-state index in [1.165, 1.54) is 0 Å². The Morgan fingerprint density at radius 3 is 2.48 bits per heavy atom. The largest absolute Gasteiger partial charge is 0.342 e. The number of carbonyl (C=O) groups is 1. The lowest BCUT2D eigenvalue weighted by Gasteiger charge is -2.15. The Balaban J connectivity index is 1.70. The van der Waals surface area contributed by atoms with Gasteiger partial charge in [-0.3, -0.25) is 4.79 Å². The molecule has 152 valence electrons. The lowest BCUT2D eigenvalue weighted by molar-refractivity contribution is 0.0937. The first-order valence-corrected chi connectivity index (χ1v) is 11.1. The summed E-state index contributed by atoms with van der Waals surface area (Å²) in [7, 11) is 0. The molecule has 29 heavy (non-hydrogen) atoms. The van der Waals surface area contributed by atoms with Crippen LogP contribution in [-0.2, 0) is 12.3 Å². The first-order chi connectivity index (χ1) is 13.9. The molecule has 0 saturated carbocycles. The highest BCUT2D eigenvalue weighted by Gasteiger charge is 2.20. The maximum Gasteiger partial charge on any atom is 0.251 e. The highest BCUT2D eigenvalue weighted by molar-refractivity contribution is 7.98. The molecule has 0 spiro atoms. The summed E-state index contributed by atoms with van der Waals surface area (Å²) in [5.74, 6) is 1.19. The third-order valence-electron chi connectivity index (χ3n) is 4.26. The Hall–Kier alpha value is -1.73. The van der Waals surface area contributed by atoms with Crippen LogP contribution in [-0.4, -0.2) is 20.7 Å². The van der Waals surface area contributed by atoms with E-state index in [9.17, 15) is 4.79 Å². The van der Waals surface area contributed by atoms with Gasteiger partial charge >= 0.3 is 0 Å². The fraction of sp³-hybridized carbons (Fsp3) is 0.250. The average Bonchev–Trinajstić information content (AvgIpc) is 3.12. The van der Waals surface area contributed by atoms with Crippen molar-refractivity contribution in [3.63, 3.8) is 0 Å². The Kier molecular flexibility index (Phi) is 7.46. The van der Waals surface area contributed by atoms with Crippen molar-refractivity contribution in [3.8, 4) is 0 Å². The van der Waals surface area contributed by atoms with E-state index in [0.717, 1.165) is 16.5 Å². The lowest BCUT2D eigenvalue weighted by atomic mass is 10.2. The summed E-state index contributed by atoms with van der Waals surface area (Å²) in [5.41, 5.74) is 1.58. The number of hydrogen-bond donors (Lipinski definition) is 1. The fourth-order valence-electron chi connectivity index (χ4n) is 2.73.